The summed E-state index contributed by atoms with van der Waals surface area (Å²) in [6.07, 6.45) is 3.73. The van der Waals surface area contributed by atoms with E-state index in [-0.39, 0.29) is 65.9 Å². The van der Waals surface area contributed by atoms with Crippen molar-refractivity contribution in [3.8, 4) is 0 Å². The average Bonchev–Trinajstić information content (AvgIpc) is 3.65. The molecule has 9 heteroatoms. The molecule has 0 aromatic rings. The summed E-state index contributed by atoms with van der Waals surface area (Å²) in [7, 11) is 1.43. The van der Waals surface area contributed by atoms with Crippen LogP contribution >= 0.6 is 0 Å². The van der Waals surface area contributed by atoms with Crippen LogP contribution in [0.15, 0.2) is 34.4 Å². The van der Waals surface area contributed by atoms with Gasteiger partial charge in [0, 0.05) is 40.7 Å². The first kappa shape index (κ1) is 31.5. The summed E-state index contributed by atoms with van der Waals surface area (Å²) in [5.74, 6) is -1.33. The highest BCUT2D eigenvalue weighted by atomic mass is 16.6. The van der Waals surface area contributed by atoms with Crippen molar-refractivity contribution in [2.75, 3.05) is 13.7 Å². The molecule has 0 spiro atoms. The molecule has 242 valence electrons. The Bertz CT molecular complexity index is 1360. The van der Waals surface area contributed by atoms with Gasteiger partial charge in [-0.1, -0.05) is 31.9 Å². The molecule has 9 nitrogen and oxygen atoms in total. The molecule has 0 aromatic carbocycles. The molecule has 0 aromatic heterocycles. The van der Waals surface area contributed by atoms with Gasteiger partial charge in [-0.15, -0.1) is 0 Å². The molecule has 3 heterocycles. The Hall–Kier alpha value is -2.49. The number of rotatable bonds is 6. The Labute approximate surface area is 260 Å². The molecule has 2 saturated carbocycles. The quantitative estimate of drug-likeness (QED) is 0.199. The van der Waals surface area contributed by atoms with Crippen LogP contribution in [0.25, 0.3) is 0 Å². The molecule has 11 unspecified atom stereocenters. The maximum Gasteiger partial charge on any atom is 0.335 e. The van der Waals surface area contributed by atoms with E-state index in [4.69, 9.17) is 23.7 Å². The second kappa shape index (κ2) is 10.3. The highest BCUT2D eigenvalue weighted by molar-refractivity contribution is 5.92. The van der Waals surface area contributed by atoms with E-state index in [2.05, 4.69) is 27.7 Å². The standard InChI is InChI=1S/C35H48O9/c1-17(2)12-26(37)43-23-10-11-33(6)22(15-25(36)40-9)35(8)27-18(3)19(20-14-24(32(4,5)39)44-31(20)38)13-21(27)42-30(35)28-29(33)34(23,7)16-41-28/h12,14,19,21-24,28-30,39H,10-11,13,15-16H2,1-9H3. The molecule has 1 N–H and O–H groups in total. The molecular formula is C35H48O9. The van der Waals surface area contributed by atoms with Gasteiger partial charge in [0.25, 0.3) is 0 Å². The molecule has 11 atom stereocenters. The number of hydrogen-bond acceptors (Lipinski definition) is 9. The molecule has 3 aliphatic heterocycles. The van der Waals surface area contributed by atoms with E-state index in [1.807, 2.05) is 13.8 Å². The summed E-state index contributed by atoms with van der Waals surface area (Å²) < 4.78 is 30.6. The highest BCUT2D eigenvalue weighted by Crippen LogP contribution is 2.73. The fourth-order valence-corrected chi connectivity index (χ4v) is 10.4. The van der Waals surface area contributed by atoms with E-state index in [1.165, 1.54) is 13.2 Å². The van der Waals surface area contributed by atoms with Crippen LogP contribution < -0.4 is 0 Å². The molecule has 3 aliphatic carbocycles. The van der Waals surface area contributed by atoms with Crippen LogP contribution in [0, 0.1) is 34.0 Å². The molecule has 0 amide bonds. The Kier molecular flexibility index (Phi) is 7.34. The molecule has 4 fully saturated rings. The predicted octanol–water partition coefficient (Wildman–Crippen LogP) is 4.61. The van der Waals surface area contributed by atoms with E-state index >= 15 is 0 Å². The first-order valence-electron chi connectivity index (χ1n) is 16.0. The van der Waals surface area contributed by atoms with Crippen LogP contribution in [-0.4, -0.2) is 72.9 Å². The van der Waals surface area contributed by atoms with Crippen LogP contribution in [0.5, 0.6) is 0 Å². The van der Waals surface area contributed by atoms with Gasteiger partial charge in [0.15, 0.2) is 0 Å². The van der Waals surface area contributed by atoms with Crippen LogP contribution in [0.1, 0.15) is 81.1 Å². The lowest BCUT2D eigenvalue weighted by atomic mass is 9.40. The van der Waals surface area contributed by atoms with Gasteiger partial charge in [0.1, 0.15) is 12.2 Å². The van der Waals surface area contributed by atoms with Crippen molar-refractivity contribution in [2.24, 2.45) is 34.0 Å². The fourth-order valence-electron chi connectivity index (χ4n) is 10.4. The van der Waals surface area contributed by atoms with Crippen LogP contribution in [0.4, 0.5) is 0 Å². The SMILES string of the molecule is COC(=O)CC1C2(C)CCC(OC(=O)C=C(C)C)C3(C)COC(C32)C2OC3CC(C4=CC(C(C)(C)O)OC4=O)C(C)=C3C21C. The molecule has 6 aliphatic rings. The van der Waals surface area contributed by atoms with Gasteiger partial charge in [0.05, 0.1) is 37.6 Å². The number of hydrogen-bond donors (Lipinski definition) is 1. The monoisotopic (exact) mass is 612 g/mol. The number of esters is 3. The minimum absolute atomic E-state index is 0.00317. The second-order valence-corrected chi connectivity index (χ2v) is 15.6. The van der Waals surface area contributed by atoms with Crippen molar-refractivity contribution in [1.29, 1.82) is 0 Å². The number of cyclic esters (lactones) is 1. The largest absolute Gasteiger partial charge is 0.469 e. The smallest absolute Gasteiger partial charge is 0.335 e. The van der Waals surface area contributed by atoms with Crippen molar-refractivity contribution in [2.45, 2.75) is 117 Å². The van der Waals surface area contributed by atoms with Crippen LogP contribution in [-0.2, 0) is 38.1 Å². The zero-order valence-corrected chi connectivity index (χ0v) is 27.5. The van der Waals surface area contributed by atoms with Gasteiger partial charge >= 0.3 is 17.9 Å². The zero-order chi connectivity index (χ0) is 32.1. The number of carbonyl (C=O) groups is 3. The van der Waals surface area contributed by atoms with Crippen LogP contribution in [0.3, 0.4) is 0 Å². The predicted molar refractivity (Wildman–Crippen MR) is 160 cm³/mol. The molecule has 0 bridgehead atoms. The number of allylic oxidation sites excluding steroid dienone is 2. The Morgan fingerprint density at radius 2 is 1.89 bits per heavy atom. The highest BCUT2D eigenvalue weighted by Gasteiger charge is 2.76. The summed E-state index contributed by atoms with van der Waals surface area (Å²) in [6, 6.07) is 0. The summed E-state index contributed by atoms with van der Waals surface area (Å²) in [6.45, 7) is 16.2. The third kappa shape index (κ3) is 4.39. The second-order valence-electron chi connectivity index (χ2n) is 15.6. The van der Waals surface area contributed by atoms with E-state index in [0.717, 1.165) is 23.1 Å². The minimum atomic E-state index is -1.19. The third-order valence-electron chi connectivity index (χ3n) is 12.2. The Morgan fingerprint density at radius 3 is 2.50 bits per heavy atom. The lowest BCUT2D eigenvalue weighted by Crippen LogP contribution is -2.66. The molecular weight excluding hydrogens is 564 g/mol. The summed E-state index contributed by atoms with van der Waals surface area (Å²) >= 11 is 0. The zero-order valence-electron chi connectivity index (χ0n) is 27.5. The summed E-state index contributed by atoms with van der Waals surface area (Å²) in [5.41, 5.74) is 1.14. The number of fused-ring (bicyclic) bond motifs is 4. The van der Waals surface area contributed by atoms with Gasteiger partial charge in [-0.05, 0) is 76.9 Å². The van der Waals surface area contributed by atoms with Crippen molar-refractivity contribution in [1.82, 2.24) is 0 Å². The lowest BCUT2D eigenvalue weighted by molar-refractivity contribution is -0.213. The molecule has 44 heavy (non-hydrogen) atoms. The Balaban J connectivity index is 1.42. The molecule has 0 radical (unpaired) electrons. The normalized spacial score (nSPS) is 44.0. The first-order valence-corrected chi connectivity index (χ1v) is 16.0. The summed E-state index contributed by atoms with van der Waals surface area (Å²) in [5, 5.41) is 10.5. The van der Waals surface area contributed by atoms with Gasteiger partial charge in [-0.2, -0.15) is 0 Å². The van der Waals surface area contributed by atoms with Crippen molar-refractivity contribution in [3.05, 3.63) is 34.4 Å². The molecule has 6 rings (SSSR count). The molecule has 2 saturated heterocycles. The Morgan fingerprint density at radius 1 is 1.18 bits per heavy atom. The van der Waals surface area contributed by atoms with E-state index < -0.39 is 28.5 Å². The van der Waals surface area contributed by atoms with E-state index in [1.54, 1.807) is 19.9 Å². The lowest BCUT2D eigenvalue weighted by Gasteiger charge is -2.63. The van der Waals surface area contributed by atoms with Gasteiger partial charge in [0.2, 0.25) is 0 Å². The number of ether oxygens (including phenoxy) is 5. The van der Waals surface area contributed by atoms with Gasteiger partial charge in [-0.25, -0.2) is 9.59 Å². The topological polar surface area (TPSA) is 118 Å². The van der Waals surface area contributed by atoms with Crippen molar-refractivity contribution >= 4 is 17.9 Å². The number of methoxy groups -OCH3 is 1. The van der Waals surface area contributed by atoms with E-state index in [9.17, 15) is 19.5 Å². The average molecular weight is 613 g/mol. The van der Waals surface area contributed by atoms with Crippen LogP contribution in [0.2, 0.25) is 0 Å². The van der Waals surface area contributed by atoms with Gasteiger partial charge in [-0.3, -0.25) is 4.79 Å². The minimum Gasteiger partial charge on any atom is -0.469 e. The summed E-state index contributed by atoms with van der Waals surface area (Å²) in [4.78, 5) is 39.0. The van der Waals surface area contributed by atoms with Crippen molar-refractivity contribution < 1.29 is 43.2 Å². The first-order chi connectivity index (χ1) is 20.5. The van der Waals surface area contributed by atoms with Gasteiger partial charge < -0.3 is 28.8 Å². The van der Waals surface area contributed by atoms with Crippen molar-refractivity contribution in [3.63, 3.8) is 0 Å². The maximum atomic E-state index is 13.1. The van der Waals surface area contributed by atoms with E-state index in [0.29, 0.717) is 25.0 Å². The number of carbonyl (C=O) groups excluding carboxylic acids is 3. The fraction of sp³-hybridized carbons (Fsp3) is 0.743. The number of aliphatic hydroxyl groups is 1. The third-order valence-corrected chi connectivity index (χ3v) is 12.2. The maximum absolute atomic E-state index is 13.1.